The van der Waals surface area contributed by atoms with Crippen LogP contribution in [0.4, 0.5) is 5.82 Å². The standard InChI is InChI=1S/C16H18IN3O/c1-18-14-13(17)12(10-21-2)19-15(20-14)16(8-9-16)11-6-4-3-5-7-11/h3-7H,8-10H2,1-2H3,(H,18,19,20). The van der Waals surface area contributed by atoms with Gasteiger partial charge in [-0.3, -0.25) is 0 Å². The van der Waals surface area contributed by atoms with Crippen molar-refractivity contribution in [3.05, 3.63) is 51.0 Å². The number of hydrogen-bond donors (Lipinski definition) is 1. The smallest absolute Gasteiger partial charge is 0.143 e. The van der Waals surface area contributed by atoms with E-state index < -0.39 is 0 Å². The van der Waals surface area contributed by atoms with Crippen LogP contribution in [0.5, 0.6) is 0 Å². The van der Waals surface area contributed by atoms with Gasteiger partial charge in [-0.25, -0.2) is 9.97 Å². The summed E-state index contributed by atoms with van der Waals surface area (Å²) in [7, 11) is 3.59. The molecule has 1 aromatic heterocycles. The second-order valence-electron chi connectivity index (χ2n) is 5.29. The molecule has 0 spiro atoms. The van der Waals surface area contributed by atoms with E-state index in [4.69, 9.17) is 14.7 Å². The summed E-state index contributed by atoms with van der Waals surface area (Å²) in [6.45, 7) is 0.507. The summed E-state index contributed by atoms with van der Waals surface area (Å²) < 4.78 is 6.31. The Balaban J connectivity index is 2.08. The number of rotatable bonds is 5. The first-order chi connectivity index (χ1) is 10.2. The highest BCUT2D eigenvalue weighted by Crippen LogP contribution is 2.52. The predicted molar refractivity (Wildman–Crippen MR) is 91.5 cm³/mol. The van der Waals surface area contributed by atoms with Crippen LogP contribution in [0.1, 0.15) is 29.9 Å². The van der Waals surface area contributed by atoms with Crippen LogP contribution in [0.25, 0.3) is 0 Å². The zero-order chi connectivity index (χ0) is 14.9. The number of aromatic nitrogens is 2. The van der Waals surface area contributed by atoms with Crippen molar-refractivity contribution in [2.24, 2.45) is 0 Å². The van der Waals surface area contributed by atoms with Crippen molar-refractivity contribution in [3.8, 4) is 0 Å². The molecule has 3 rings (SSSR count). The average Bonchev–Trinajstić information content (AvgIpc) is 3.32. The normalized spacial score (nSPS) is 15.8. The van der Waals surface area contributed by atoms with Gasteiger partial charge in [0.05, 0.1) is 21.3 Å². The number of nitrogens with one attached hydrogen (secondary N) is 1. The summed E-state index contributed by atoms with van der Waals surface area (Å²) >= 11 is 2.28. The quantitative estimate of drug-likeness (QED) is 0.789. The van der Waals surface area contributed by atoms with E-state index in [0.29, 0.717) is 6.61 Å². The van der Waals surface area contributed by atoms with Gasteiger partial charge in [0, 0.05) is 14.2 Å². The lowest BCUT2D eigenvalue weighted by Gasteiger charge is -2.18. The van der Waals surface area contributed by atoms with Gasteiger partial charge in [0.15, 0.2) is 0 Å². The third-order valence-corrected chi connectivity index (χ3v) is 5.08. The van der Waals surface area contributed by atoms with Crippen molar-refractivity contribution in [2.75, 3.05) is 19.5 Å². The molecular weight excluding hydrogens is 377 g/mol. The Kier molecular flexibility index (Phi) is 4.12. The van der Waals surface area contributed by atoms with E-state index in [1.165, 1.54) is 5.56 Å². The Morgan fingerprint density at radius 1 is 1.24 bits per heavy atom. The Morgan fingerprint density at radius 3 is 2.52 bits per heavy atom. The molecule has 2 aromatic rings. The Morgan fingerprint density at radius 2 is 1.95 bits per heavy atom. The van der Waals surface area contributed by atoms with Gasteiger partial charge in [-0.05, 0) is 41.0 Å². The maximum Gasteiger partial charge on any atom is 0.143 e. The van der Waals surface area contributed by atoms with Gasteiger partial charge in [-0.15, -0.1) is 0 Å². The van der Waals surface area contributed by atoms with E-state index in [2.05, 4.69) is 52.2 Å². The first-order valence-electron chi connectivity index (χ1n) is 7.00. The minimum absolute atomic E-state index is 0.0142. The summed E-state index contributed by atoms with van der Waals surface area (Å²) in [6.07, 6.45) is 2.21. The molecule has 5 heteroatoms. The molecule has 0 aliphatic heterocycles. The summed E-state index contributed by atoms with van der Waals surface area (Å²) in [6, 6.07) is 10.5. The summed E-state index contributed by atoms with van der Waals surface area (Å²) in [4.78, 5) is 9.56. The van der Waals surface area contributed by atoms with Gasteiger partial charge in [0.2, 0.25) is 0 Å². The van der Waals surface area contributed by atoms with Crippen LogP contribution in [0, 0.1) is 3.57 Å². The number of anilines is 1. The third kappa shape index (κ3) is 2.64. The lowest BCUT2D eigenvalue weighted by Crippen LogP contribution is -2.17. The van der Waals surface area contributed by atoms with Gasteiger partial charge >= 0.3 is 0 Å². The van der Waals surface area contributed by atoms with Crippen LogP contribution in [0.15, 0.2) is 30.3 Å². The molecule has 0 amide bonds. The molecule has 1 aromatic carbocycles. The minimum atomic E-state index is -0.0142. The highest BCUT2D eigenvalue weighted by molar-refractivity contribution is 14.1. The van der Waals surface area contributed by atoms with Crippen molar-refractivity contribution < 1.29 is 4.74 Å². The van der Waals surface area contributed by atoms with E-state index in [0.717, 1.165) is 33.7 Å². The highest BCUT2D eigenvalue weighted by Gasteiger charge is 2.49. The topological polar surface area (TPSA) is 47.0 Å². The SMILES string of the molecule is CNc1nc(C2(c3ccccc3)CC2)nc(COC)c1I. The predicted octanol–water partition coefficient (Wildman–Crippen LogP) is 3.35. The van der Waals surface area contributed by atoms with Gasteiger partial charge in [0.25, 0.3) is 0 Å². The zero-order valence-electron chi connectivity index (χ0n) is 12.2. The summed E-state index contributed by atoms with van der Waals surface area (Å²) in [5.74, 6) is 1.79. The number of methoxy groups -OCH3 is 1. The first-order valence-corrected chi connectivity index (χ1v) is 8.08. The molecule has 1 N–H and O–H groups in total. The van der Waals surface area contributed by atoms with Crippen molar-refractivity contribution in [1.82, 2.24) is 9.97 Å². The van der Waals surface area contributed by atoms with Crippen LogP contribution in [-0.2, 0) is 16.8 Å². The van der Waals surface area contributed by atoms with Gasteiger partial charge < -0.3 is 10.1 Å². The van der Waals surface area contributed by atoms with Crippen LogP contribution < -0.4 is 5.32 Å². The van der Waals surface area contributed by atoms with Crippen LogP contribution in [0.3, 0.4) is 0 Å². The van der Waals surface area contributed by atoms with E-state index in [1.807, 2.05) is 13.1 Å². The van der Waals surface area contributed by atoms with E-state index >= 15 is 0 Å². The molecule has 1 fully saturated rings. The molecule has 1 saturated carbocycles. The molecule has 0 saturated heterocycles. The second-order valence-corrected chi connectivity index (χ2v) is 6.37. The fourth-order valence-corrected chi connectivity index (χ4v) is 3.30. The summed E-state index contributed by atoms with van der Waals surface area (Å²) in [5.41, 5.74) is 2.24. The maximum atomic E-state index is 5.28. The van der Waals surface area contributed by atoms with Crippen molar-refractivity contribution in [2.45, 2.75) is 24.9 Å². The van der Waals surface area contributed by atoms with Crippen molar-refractivity contribution in [3.63, 3.8) is 0 Å². The van der Waals surface area contributed by atoms with Crippen LogP contribution >= 0.6 is 22.6 Å². The number of benzene rings is 1. The molecule has 1 aliphatic rings. The van der Waals surface area contributed by atoms with Crippen LogP contribution in [-0.4, -0.2) is 24.1 Å². The molecule has 1 aliphatic carbocycles. The lowest BCUT2D eigenvalue weighted by molar-refractivity contribution is 0.180. The Labute approximate surface area is 138 Å². The molecule has 1 heterocycles. The van der Waals surface area contributed by atoms with Gasteiger partial charge in [-0.2, -0.15) is 0 Å². The fraction of sp³-hybridized carbons (Fsp3) is 0.375. The lowest BCUT2D eigenvalue weighted by atomic mass is 9.95. The van der Waals surface area contributed by atoms with Crippen LogP contribution in [0.2, 0.25) is 0 Å². The van der Waals surface area contributed by atoms with E-state index in [-0.39, 0.29) is 5.41 Å². The average molecular weight is 395 g/mol. The monoisotopic (exact) mass is 395 g/mol. The van der Waals surface area contributed by atoms with Gasteiger partial charge in [-0.1, -0.05) is 30.3 Å². The second kappa shape index (κ2) is 5.88. The first kappa shape index (κ1) is 14.7. The van der Waals surface area contributed by atoms with Crippen molar-refractivity contribution >= 4 is 28.4 Å². The molecule has 0 radical (unpaired) electrons. The minimum Gasteiger partial charge on any atom is -0.378 e. The molecule has 0 bridgehead atoms. The molecule has 0 atom stereocenters. The van der Waals surface area contributed by atoms with Gasteiger partial charge in [0.1, 0.15) is 11.6 Å². The van der Waals surface area contributed by atoms with E-state index in [9.17, 15) is 0 Å². The van der Waals surface area contributed by atoms with Crippen molar-refractivity contribution in [1.29, 1.82) is 0 Å². The fourth-order valence-electron chi connectivity index (χ4n) is 2.63. The molecule has 4 nitrogen and oxygen atoms in total. The zero-order valence-corrected chi connectivity index (χ0v) is 14.3. The third-order valence-electron chi connectivity index (χ3n) is 3.94. The molecular formula is C16H18IN3O. The summed E-state index contributed by atoms with van der Waals surface area (Å²) in [5, 5.41) is 3.17. The molecule has 110 valence electrons. The number of halogens is 1. The highest BCUT2D eigenvalue weighted by atomic mass is 127. The number of nitrogens with zero attached hydrogens (tertiary/aromatic N) is 2. The Hall–Kier alpha value is -1.21. The largest absolute Gasteiger partial charge is 0.378 e. The molecule has 21 heavy (non-hydrogen) atoms. The van der Waals surface area contributed by atoms with E-state index in [1.54, 1.807) is 7.11 Å². The number of hydrogen-bond acceptors (Lipinski definition) is 4. The Bertz CT molecular complexity index is 641. The number of ether oxygens (including phenoxy) is 1. The maximum absolute atomic E-state index is 5.28. The molecule has 0 unspecified atom stereocenters.